The maximum absolute atomic E-state index is 4.85. The number of hydrogen-bond acceptors (Lipinski definition) is 6. The van der Waals surface area contributed by atoms with Crippen molar-refractivity contribution in [1.29, 1.82) is 0 Å². The van der Waals surface area contributed by atoms with Crippen LogP contribution in [-0.4, -0.2) is 38.0 Å². The van der Waals surface area contributed by atoms with Crippen molar-refractivity contribution in [3.63, 3.8) is 0 Å². The van der Waals surface area contributed by atoms with Gasteiger partial charge in [-0.3, -0.25) is 0 Å². The molecule has 212 valence electrons. The van der Waals surface area contributed by atoms with Gasteiger partial charge in [-0.15, -0.1) is 0 Å². The number of benzene rings is 2. The third kappa shape index (κ3) is 7.43. The lowest BCUT2D eigenvalue weighted by molar-refractivity contribution is 0.373. The molecule has 1 aliphatic heterocycles. The van der Waals surface area contributed by atoms with Crippen LogP contribution in [0.3, 0.4) is 0 Å². The lowest BCUT2D eigenvalue weighted by Gasteiger charge is -2.33. The number of rotatable bonds is 10. The minimum atomic E-state index is 0.623. The molecule has 4 heterocycles. The minimum Gasteiger partial charge on any atom is -0.372 e. The van der Waals surface area contributed by atoms with E-state index in [2.05, 4.69) is 74.4 Å². The number of piperidine rings is 1. The van der Waals surface area contributed by atoms with Gasteiger partial charge in [0, 0.05) is 49.7 Å². The number of pyridine rings is 1. The Morgan fingerprint density at radius 3 is 2.24 bits per heavy atom. The summed E-state index contributed by atoms with van der Waals surface area (Å²) in [5.41, 5.74) is 7.60. The Kier molecular flexibility index (Phi) is 8.89. The van der Waals surface area contributed by atoms with Crippen LogP contribution >= 0.6 is 0 Å². The molecule has 42 heavy (non-hydrogen) atoms. The topological polar surface area (TPSA) is 67.7 Å². The summed E-state index contributed by atoms with van der Waals surface area (Å²) in [6, 6.07) is 29.6. The fourth-order valence-electron chi connectivity index (χ4n) is 5.82. The molecule has 2 aromatic carbocycles. The van der Waals surface area contributed by atoms with Gasteiger partial charge in [-0.05, 0) is 92.5 Å². The van der Waals surface area contributed by atoms with Gasteiger partial charge in [0.25, 0.3) is 0 Å². The van der Waals surface area contributed by atoms with E-state index < -0.39 is 0 Å². The SMILES string of the molecule is Cc1cccc(-c2nccc(Cc3ccnc(Cc4ccc(N5CCC(CCCc6ccccc6)CC5)cc4)n3)n2)n1. The molecule has 0 radical (unpaired) electrons. The average molecular weight is 555 g/mol. The number of aryl methyl sites for hydroxylation is 2. The second-order valence-corrected chi connectivity index (χ2v) is 11.3. The van der Waals surface area contributed by atoms with Gasteiger partial charge in [0.15, 0.2) is 5.82 Å². The van der Waals surface area contributed by atoms with Gasteiger partial charge in [-0.1, -0.05) is 48.5 Å². The van der Waals surface area contributed by atoms with E-state index in [-0.39, 0.29) is 0 Å². The molecule has 5 aromatic rings. The molecular formula is C36H38N6. The van der Waals surface area contributed by atoms with Crippen LogP contribution in [0.25, 0.3) is 11.5 Å². The van der Waals surface area contributed by atoms with E-state index in [9.17, 15) is 0 Å². The first-order valence-electron chi connectivity index (χ1n) is 15.1. The lowest BCUT2D eigenvalue weighted by atomic mass is 9.90. The first kappa shape index (κ1) is 27.7. The highest BCUT2D eigenvalue weighted by Crippen LogP contribution is 2.27. The summed E-state index contributed by atoms with van der Waals surface area (Å²) in [5, 5.41) is 0. The highest BCUT2D eigenvalue weighted by atomic mass is 15.1. The zero-order valence-electron chi connectivity index (χ0n) is 24.4. The van der Waals surface area contributed by atoms with Gasteiger partial charge in [-0.25, -0.2) is 24.9 Å². The molecule has 0 aliphatic carbocycles. The molecular weight excluding hydrogens is 516 g/mol. The molecule has 6 rings (SSSR count). The Bertz CT molecular complexity index is 1580. The van der Waals surface area contributed by atoms with Gasteiger partial charge in [0.2, 0.25) is 0 Å². The second kappa shape index (κ2) is 13.5. The molecule has 1 saturated heterocycles. The lowest BCUT2D eigenvalue weighted by Crippen LogP contribution is -2.33. The molecule has 1 aliphatic rings. The van der Waals surface area contributed by atoms with Gasteiger partial charge >= 0.3 is 0 Å². The number of anilines is 1. The molecule has 0 saturated carbocycles. The van der Waals surface area contributed by atoms with E-state index in [1.54, 1.807) is 6.20 Å². The fraction of sp³-hybridized carbons (Fsp3) is 0.306. The van der Waals surface area contributed by atoms with E-state index in [1.807, 2.05) is 43.5 Å². The first-order chi connectivity index (χ1) is 20.7. The molecule has 0 atom stereocenters. The zero-order chi connectivity index (χ0) is 28.6. The molecule has 0 spiro atoms. The highest BCUT2D eigenvalue weighted by Gasteiger charge is 2.19. The third-order valence-corrected chi connectivity index (χ3v) is 8.15. The van der Waals surface area contributed by atoms with E-state index in [0.717, 1.165) is 47.6 Å². The van der Waals surface area contributed by atoms with Gasteiger partial charge in [-0.2, -0.15) is 0 Å². The maximum Gasteiger partial charge on any atom is 0.178 e. The van der Waals surface area contributed by atoms with Crippen molar-refractivity contribution in [2.45, 2.75) is 51.9 Å². The highest BCUT2D eigenvalue weighted by molar-refractivity contribution is 5.49. The largest absolute Gasteiger partial charge is 0.372 e. The van der Waals surface area contributed by atoms with Crippen LogP contribution in [-0.2, 0) is 19.3 Å². The summed E-state index contributed by atoms with van der Waals surface area (Å²) in [6.45, 7) is 4.26. The van der Waals surface area contributed by atoms with E-state index >= 15 is 0 Å². The second-order valence-electron chi connectivity index (χ2n) is 11.3. The first-order valence-corrected chi connectivity index (χ1v) is 15.1. The summed E-state index contributed by atoms with van der Waals surface area (Å²) < 4.78 is 0. The van der Waals surface area contributed by atoms with Crippen LogP contribution in [0, 0.1) is 12.8 Å². The van der Waals surface area contributed by atoms with Crippen LogP contribution in [0.2, 0.25) is 0 Å². The van der Waals surface area contributed by atoms with Crippen LogP contribution in [0.4, 0.5) is 5.69 Å². The van der Waals surface area contributed by atoms with Crippen molar-refractivity contribution in [2.75, 3.05) is 18.0 Å². The summed E-state index contributed by atoms with van der Waals surface area (Å²) in [7, 11) is 0. The van der Waals surface area contributed by atoms with Gasteiger partial charge in [0.1, 0.15) is 11.5 Å². The van der Waals surface area contributed by atoms with Crippen molar-refractivity contribution in [3.05, 3.63) is 131 Å². The van der Waals surface area contributed by atoms with Crippen molar-refractivity contribution in [2.24, 2.45) is 5.92 Å². The normalized spacial score (nSPS) is 13.8. The quantitative estimate of drug-likeness (QED) is 0.184. The maximum atomic E-state index is 4.85. The summed E-state index contributed by atoms with van der Waals surface area (Å²) in [5.74, 6) is 2.31. The standard InChI is InChI=1S/C36H38N6/c1-27-7-5-12-34(39-27)36-38-22-18-32(41-36)26-31-17-21-37-35(40-31)25-30-13-15-33(16-14-30)42-23-19-29(20-24-42)11-6-10-28-8-3-2-4-9-28/h2-5,7-9,12-18,21-22,29H,6,10-11,19-20,23-26H2,1H3. The third-order valence-electron chi connectivity index (χ3n) is 8.15. The van der Waals surface area contributed by atoms with E-state index in [1.165, 1.54) is 48.9 Å². The average Bonchev–Trinajstić information content (AvgIpc) is 3.03. The predicted molar refractivity (Wildman–Crippen MR) is 168 cm³/mol. The van der Waals surface area contributed by atoms with Crippen LogP contribution in [0.1, 0.15) is 59.7 Å². The fourth-order valence-corrected chi connectivity index (χ4v) is 5.82. The summed E-state index contributed by atoms with van der Waals surface area (Å²) >= 11 is 0. The zero-order valence-corrected chi connectivity index (χ0v) is 24.4. The van der Waals surface area contributed by atoms with Crippen molar-refractivity contribution in [3.8, 4) is 11.5 Å². The smallest absolute Gasteiger partial charge is 0.178 e. The molecule has 0 bridgehead atoms. The molecule has 0 unspecified atom stereocenters. The van der Waals surface area contributed by atoms with Crippen molar-refractivity contribution in [1.82, 2.24) is 24.9 Å². The Balaban J connectivity index is 1.01. The van der Waals surface area contributed by atoms with Crippen molar-refractivity contribution >= 4 is 5.69 Å². The molecule has 0 N–H and O–H groups in total. The van der Waals surface area contributed by atoms with Crippen LogP contribution in [0.5, 0.6) is 0 Å². The summed E-state index contributed by atoms with van der Waals surface area (Å²) in [6.07, 6.45) is 11.4. The Hall–Kier alpha value is -4.45. The molecule has 3 aromatic heterocycles. The Morgan fingerprint density at radius 2 is 1.45 bits per heavy atom. The number of aromatic nitrogens is 5. The van der Waals surface area contributed by atoms with Gasteiger partial charge < -0.3 is 4.90 Å². The van der Waals surface area contributed by atoms with Crippen molar-refractivity contribution < 1.29 is 0 Å². The molecule has 6 nitrogen and oxygen atoms in total. The molecule has 0 amide bonds. The Labute approximate surface area is 249 Å². The predicted octanol–water partition coefficient (Wildman–Crippen LogP) is 7.06. The molecule has 6 heteroatoms. The number of nitrogens with zero attached hydrogens (tertiary/aromatic N) is 6. The monoisotopic (exact) mass is 554 g/mol. The minimum absolute atomic E-state index is 0.623. The molecule has 1 fully saturated rings. The van der Waals surface area contributed by atoms with E-state index in [4.69, 9.17) is 9.97 Å². The van der Waals surface area contributed by atoms with Gasteiger partial charge in [0.05, 0.1) is 11.4 Å². The van der Waals surface area contributed by atoms with E-state index in [0.29, 0.717) is 18.7 Å². The number of hydrogen-bond donors (Lipinski definition) is 0. The van der Waals surface area contributed by atoms with Crippen LogP contribution < -0.4 is 4.90 Å². The van der Waals surface area contributed by atoms with Crippen LogP contribution in [0.15, 0.2) is 97.3 Å². The Morgan fingerprint density at radius 1 is 0.690 bits per heavy atom. The summed E-state index contributed by atoms with van der Waals surface area (Å²) in [4.78, 5) is 25.7.